The maximum atomic E-state index is 11.6. The Hall–Kier alpha value is -1.61. The predicted octanol–water partition coefficient (Wildman–Crippen LogP) is 0.827. The summed E-state index contributed by atoms with van der Waals surface area (Å²) >= 11 is 1.07. The third-order valence-electron chi connectivity index (χ3n) is 2.48. The molecular weight excluding hydrogens is 286 g/mol. The van der Waals surface area contributed by atoms with Gasteiger partial charge in [-0.15, -0.1) is 0 Å². The number of nitrogens with zero attached hydrogens (tertiary/aromatic N) is 3. The molecule has 2 heterocycles. The van der Waals surface area contributed by atoms with Crippen molar-refractivity contribution >= 4 is 32.2 Å². The molecular formula is C10H15N5O2S2. The van der Waals surface area contributed by atoms with Crippen LogP contribution in [0, 0.1) is 0 Å². The van der Waals surface area contributed by atoms with Gasteiger partial charge in [0.25, 0.3) is 0 Å². The monoisotopic (exact) mass is 301 g/mol. The van der Waals surface area contributed by atoms with Crippen LogP contribution in [0.2, 0.25) is 0 Å². The lowest BCUT2D eigenvalue weighted by Gasteiger charge is -2.06. The minimum Gasteiger partial charge on any atom is -0.382 e. The van der Waals surface area contributed by atoms with Crippen LogP contribution in [0.1, 0.15) is 6.42 Å². The normalized spacial score (nSPS) is 11.6. The topological polar surface area (TPSA) is 103 Å². The number of nitrogens with one attached hydrogen (secondary N) is 1. The molecule has 3 N–H and O–H groups in total. The summed E-state index contributed by atoms with van der Waals surface area (Å²) in [5.74, 6) is 0.0598. The SMILES string of the molecule is CS(=O)(=O)c1c(N)nsc1NCCCn1ccnc1. The molecule has 0 bridgehead atoms. The Morgan fingerprint density at radius 1 is 1.53 bits per heavy atom. The molecule has 9 heteroatoms. The molecule has 0 saturated heterocycles. The van der Waals surface area contributed by atoms with Crippen LogP contribution >= 0.6 is 11.5 Å². The smallest absolute Gasteiger partial charge is 0.182 e. The van der Waals surface area contributed by atoms with Gasteiger partial charge in [-0.25, -0.2) is 13.4 Å². The lowest BCUT2D eigenvalue weighted by atomic mass is 10.4. The first kappa shape index (κ1) is 13.8. The van der Waals surface area contributed by atoms with E-state index >= 15 is 0 Å². The molecule has 0 spiro atoms. The molecule has 0 amide bonds. The molecule has 0 aliphatic heterocycles. The lowest BCUT2D eigenvalue weighted by molar-refractivity contribution is 0.602. The van der Waals surface area contributed by atoms with Crippen LogP contribution < -0.4 is 11.1 Å². The fourth-order valence-corrected chi connectivity index (χ4v) is 3.74. The van der Waals surface area contributed by atoms with E-state index in [1.807, 2.05) is 10.8 Å². The Labute approximate surface area is 115 Å². The average Bonchev–Trinajstić information content (AvgIpc) is 2.93. The van der Waals surface area contributed by atoms with E-state index in [0.717, 1.165) is 30.8 Å². The number of anilines is 2. The highest BCUT2D eigenvalue weighted by molar-refractivity contribution is 7.91. The molecule has 0 radical (unpaired) electrons. The third-order valence-corrected chi connectivity index (χ3v) is 4.59. The number of aromatic nitrogens is 3. The predicted molar refractivity (Wildman–Crippen MR) is 75.0 cm³/mol. The number of hydrogen-bond acceptors (Lipinski definition) is 7. The van der Waals surface area contributed by atoms with Crippen LogP contribution in [-0.4, -0.2) is 35.1 Å². The van der Waals surface area contributed by atoms with Gasteiger partial charge in [0.15, 0.2) is 15.7 Å². The Morgan fingerprint density at radius 2 is 2.32 bits per heavy atom. The summed E-state index contributed by atoms with van der Waals surface area (Å²) in [5.41, 5.74) is 5.58. The van der Waals surface area contributed by atoms with E-state index in [-0.39, 0.29) is 10.7 Å². The van der Waals surface area contributed by atoms with Crippen molar-refractivity contribution in [2.24, 2.45) is 0 Å². The van der Waals surface area contributed by atoms with Gasteiger partial charge >= 0.3 is 0 Å². The molecule has 0 unspecified atom stereocenters. The maximum absolute atomic E-state index is 11.6. The second-order valence-electron chi connectivity index (χ2n) is 4.08. The highest BCUT2D eigenvalue weighted by atomic mass is 32.2. The number of rotatable bonds is 6. The fourth-order valence-electron chi connectivity index (χ4n) is 1.65. The minimum absolute atomic E-state index is 0.0598. The number of imidazole rings is 1. The van der Waals surface area contributed by atoms with Crippen molar-refractivity contribution in [3.8, 4) is 0 Å². The highest BCUT2D eigenvalue weighted by Gasteiger charge is 2.20. The molecule has 7 nitrogen and oxygen atoms in total. The number of aryl methyl sites for hydroxylation is 1. The summed E-state index contributed by atoms with van der Waals surface area (Å²) in [6.45, 7) is 1.46. The van der Waals surface area contributed by atoms with Gasteiger partial charge in [-0.05, 0) is 18.0 Å². The standard InChI is InChI=1S/C10H15N5O2S2/c1-19(16,17)8-9(11)14-18-10(8)13-3-2-5-15-6-4-12-7-15/h4,6-7,13H,2-3,5H2,1H3,(H2,11,14). The van der Waals surface area contributed by atoms with Crippen LogP contribution in [0.25, 0.3) is 0 Å². The van der Waals surface area contributed by atoms with Gasteiger partial charge in [-0.3, -0.25) is 0 Å². The van der Waals surface area contributed by atoms with E-state index in [1.165, 1.54) is 0 Å². The van der Waals surface area contributed by atoms with Crippen molar-refractivity contribution in [2.45, 2.75) is 17.9 Å². The first-order valence-corrected chi connectivity index (χ1v) is 8.30. The summed E-state index contributed by atoms with van der Waals surface area (Å²) < 4.78 is 29.0. The number of nitrogen functional groups attached to an aromatic ring is 1. The fraction of sp³-hybridized carbons (Fsp3) is 0.400. The number of nitrogens with two attached hydrogens (primary N) is 1. The van der Waals surface area contributed by atoms with Gasteiger partial charge in [-0.2, -0.15) is 4.37 Å². The van der Waals surface area contributed by atoms with Crippen LogP contribution in [0.5, 0.6) is 0 Å². The zero-order chi connectivity index (χ0) is 13.9. The second kappa shape index (κ2) is 5.57. The largest absolute Gasteiger partial charge is 0.382 e. The van der Waals surface area contributed by atoms with Gasteiger partial charge in [0.05, 0.1) is 6.33 Å². The Morgan fingerprint density at radius 3 is 2.95 bits per heavy atom. The third kappa shape index (κ3) is 3.44. The Balaban J connectivity index is 1.93. The number of hydrogen-bond donors (Lipinski definition) is 2. The molecule has 0 atom stereocenters. The first-order chi connectivity index (χ1) is 8.98. The quantitative estimate of drug-likeness (QED) is 0.766. The molecule has 104 valence electrons. The second-order valence-corrected chi connectivity index (χ2v) is 6.81. The lowest BCUT2D eigenvalue weighted by Crippen LogP contribution is -2.08. The molecule has 0 aliphatic rings. The zero-order valence-electron chi connectivity index (χ0n) is 10.4. The molecule has 0 fully saturated rings. The highest BCUT2D eigenvalue weighted by Crippen LogP contribution is 2.31. The Bertz CT molecular complexity index is 633. The first-order valence-electron chi connectivity index (χ1n) is 5.63. The van der Waals surface area contributed by atoms with Gasteiger partial charge in [0.1, 0.15) is 9.90 Å². The van der Waals surface area contributed by atoms with Gasteiger partial charge in [-0.1, -0.05) is 0 Å². The average molecular weight is 301 g/mol. The van der Waals surface area contributed by atoms with Crippen LogP contribution in [0.4, 0.5) is 10.8 Å². The van der Waals surface area contributed by atoms with E-state index in [9.17, 15) is 8.42 Å². The molecule has 19 heavy (non-hydrogen) atoms. The molecule has 2 aromatic heterocycles. The van der Waals surface area contributed by atoms with Crippen molar-refractivity contribution in [1.82, 2.24) is 13.9 Å². The summed E-state index contributed by atoms with van der Waals surface area (Å²) in [5, 5.41) is 3.57. The summed E-state index contributed by atoms with van der Waals surface area (Å²) in [7, 11) is -3.36. The van der Waals surface area contributed by atoms with Crippen molar-refractivity contribution < 1.29 is 8.42 Å². The van der Waals surface area contributed by atoms with Crippen LogP contribution in [0.15, 0.2) is 23.6 Å². The van der Waals surface area contributed by atoms with Crippen molar-refractivity contribution in [2.75, 3.05) is 23.9 Å². The molecule has 2 aromatic rings. The van der Waals surface area contributed by atoms with Gasteiger partial charge in [0.2, 0.25) is 0 Å². The molecule has 0 aliphatic carbocycles. The van der Waals surface area contributed by atoms with Crippen molar-refractivity contribution in [3.05, 3.63) is 18.7 Å². The van der Waals surface area contributed by atoms with E-state index in [1.54, 1.807) is 12.5 Å². The van der Waals surface area contributed by atoms with Gasteiger partial charge in [0, 0.05) is 31.7 Å². The van der Waals surface area contributed by atoms with Crippen LogP contribution in [-0.2, 0) is 16.4 Å². The van der Waals surface area contributed by atoms with E-state index in [0.29, 0.717) is 11.5 Å². The molecule has 0 saturated carbocycles. The Kier molecular flexibility index (Phi) is 4.05. The summed E-state index contributed by atoms with van der Waals surface area (Å²) in [6, 6.07) is 0. The van der Waals surface area contributed by atoms with E-state index < -0.39 is 9.84 Å². The minimum atomic E-state index is -3.36. The zero-order valence-corrected chi connectivity index (χ0v) is 12.0. The van der Waals surface area contributed by atoms with Crippen molar-refractivity contribution in [1.29, 1.82) is 0 Å². The van der Waals surface area contributed by atoms with Crippen molar-refractivity contribution in [3.63, 3.8) is 0 Å². The molecule has 0 aromatic carbocycles. The van der Waals surface area contributed by atoms with Crippen LogP contribution in [0.3, 0.4) is 0 Å². The maximum Gasteiger partial charge on any atom is 0.182 e. The summed E-state index contributed by atoms with van der Waals surface area (Å²) in [4.78, 5) is 4.04. The van der Waals surface area contributed by atoms with E-state index in [2.05, 4.69) is 14.7 Å². The molecule has 2 rings (SSSR count). The number of sulfone groups is 1. The van der Waals surface area contributed by atoms with Gasteiger partial charge < -0.3 is 15.6 Å². The summed E-state index contributed by atoms with van der Waals surface area (Å²) in [6.07, 6.45) is 7.32. The van der Waals surface area contributed by atoms with E-state index in [4.69, 9.17) is 5.73 Å².